The number of hydrogen-bond donors (Lipinski definition) is 0. The molecule has 0 heterocycles. The third kappa shape index (κ3) is 42.2. The van der Waals surface area contributed by atoms with Crippen LogP contribution in [-0.4, -0.2) is 49.4 Å². The molecule has 0 saturated carbocycles. The van der Waals surface area contributed by atoms with Gasteiger partial charge in [-0.25, -0.2) is 0 Å². The van der Waals surface area contributed by atoms with E-state index in [1.165, 1.54) is 231 Å². The fourth-order valence-corrected chi connectivity index (χ4v) is 15.5. The van der Waals surface area contributed by atoms with E-state index in [0.717, 1.165) is 52.1 Å². The zero-order valence-corrected chi connectivity index (χ0v) is 41.1. The van der Waals surface area contributed by atoms with Crippen LogP contribution >= 0.6 is 0 Å². The van der Waals surface area contributed by atoms with Crippen molar-refractivity contribution in [3.05, 3.63) is 0 Å². The molecule has 0 bridgehead atoms. The van der Waals surface area contributed by atoms with Gasteiger partial charge in [0.25, 0.3) is 0 Å². The number of unbranched alkanes of at least 4 members (excludes halogenated alkanes) is 36. The van der Waals surface area contributed by atoms with E-state index >= 15 is 0 Å². The average molecular weight is 949 g/mol. The van der Waals surface area contributed by atoms with Crippen LogP contribution in [0.15, 0.2) is 0 Å². The fourth-order valence-electron chi connectivity index (χ4n) is 7.40. The molecule has 320 valence electrons. The van der Waals surface area contributed by atoms with Gasteiger partial charge in [0.1, 0.15) is 0 Å². The van der Waals surface area contributed by atoms with Gasteiger partial charge in [-0.3, -0.25) is 0 Å². The number of rotatable bonds is 48. The molecule has 0 aromatic rings. The Morgan fingerprint density at radius 3 is 0.472 bits per heavy atom. The Labute approximate surface area is 342 Å². The molecule has 0 aromatic carbocycles. The zero-order valence-electron chi connectivity index (χ0n) is 37.2. The topological polar surface area (TPSA) is 36.9 Å². The summed E-state index contributed by atoms with van der Waals surface area (Å²) in [5.74, 6) is 0. The van der Waals surface area contributed by atoms with Crippen molar-refractivity contribution in [2.75, 3.05) is 26.4 Å². The van der Waals surface area contributed by atoms with E-state index in [4.69, 9.17) is 10.7 Å². The molecule has 0 N–H and O–H groups in total. The Morgan fingerprint density at radius 1 is 0.189 bits per heavy atom. The van der Waals surface area contributed by atoms with Crippen LogP contribution in [0.2, 0.25) is 0 Å². The van der Waals surface area contributed by atoms with E-state index in [1.54, 1.807) is 0 Å². The molecule has 0 fully saturated rings. The predicted octanol–water partition coefficient (Wildman–Crippen LogP) is 17.2. The molecule has 4 nitrogen and oxygen atoms in total. The van der Waals surface area contributed by atoms with E-state index in [2.05, 4.69) is 27.7 Å². The standard InChI is InChI=1S/4C12H25O.Pb/c4*1-2-3-4-5-6-7-8-9-10-11-12-13;/h4*2-12H2,1H3;/q4*-1;+4. The maximum absolute atomic E-state index is 6.73. The minimum Gasteiger partial charge on any atom is -0.0654 e. The summed E-state index contributed by atoms with van der Waals surface area (Å²) in [5.41, 5.74) is 0. The molecular weight excluding hydrogens is 848 g/mol. The van der Waals surface area contributed by atoms with Gasteiger partial charge in [-0.2, -0.15) is 0 Å². The second kappa shape index (κ2) is 47.1. The van der Waals surface area contributed by atoms with Crippen molar-refractivity contribution in [1.82, 2.24) is 0 Å². The summed E-state index contributed by atoms with van der Waals surface area (Å²) in [5, 5.41) is 0. The molecular formula is C48H100O4Pb. The van der Waals surface area contributed by atoms with Gasteiger partial charge in [0.05, 0.1) is 0 Å². The van der Waals surface area contributed by atoms with Crippen molar-refractivity contribution >= 4 is 23.0 Å². The van der Waals surface area contributed by atoms with Gasteiger partial charge < -0.3 is 0 Å². The molecule has 0 saturated heterocycles. The van der Waals surface area contributed by atoms with Crippen molar-refractivity contribution in [2.24, 2.45) is 0 Å². The van der Waals surface area contributed by atoms with Gasteiger partial charge in [-0.05, 0) is 0 Å². The van der Waals surface area contributed by atoms with Crippen molar-refractivity contribution in [2.45, 2.75) is 285 Å². The Morgan fingerprint density at radius 2 is 0.321 bits per heavy atom. The van der Waals surface area contributed by atoms with E-state index < -0.39 is 23.0 Å². The van der Waals surface area contributed by atoms with Crippen molar-refractivity contribution in [3.63, 3.8) is 0 Å². The van der Waals surface area contributed by atoms with E-state index in [9.17, 15) is 0 Å². The van der Waals surface area contributed by atoms with Gasteiger partial charge in [0.15, 0.2) is 0 Å². The first kappa shape index (κ1) is 53.8. The van der Waals surface area contributed by atoms with Crippen molar-refractivity contribution in [1.29, 1.82) is 0 Å². The van der Waals surface area contributed by atoms with Crippen LogP contribution in [-0.2, 0) is 10.7 Å². The van der Waals surface area contributed by atoms with Crippen LogP contribution in [0.3, 0.4) is 0 Å². The Hall–Kier alpha value is 0.762. The molecule has 0 spiro atoms. The summed E-state index contributed by atoms with van der Waals surface area (Å²) in [7, 11) is 0. The molecule has 0 atom stereocenters. The van der Waals surface area contributed by atoms with Crippen LogP contribution in [0.1, 0.15) is 285 Å². The van der Waals surface area contributed by atoms with Gasteiger partial charge in [-0.15, -0.1) is 0 Å². The SMILES string of the molecule is CCCCCCCCCCCC[O][Pb]([O]CCCCCCCCCCCC)([O]CCCCCCCCCCCC)[O]CCCCCCCCCCCC. The first-order valence-electron chi connectivity index (χ1n) is 24.8. The fraction of sp³-hybridized carbons (Fsp3) is 1.00. The molecule has 5 heteroatoms. The number of hydrogen-bond acceptors (Lipinski definition) is 4. The summed E-state index contributed by atoms with van der Waals surface area (Å²) in [4.78, 5) is 0. The third-order valence-electron chi connectivity index (χ3n) is 11.1. The Bertz CT molecular complexity index is 538. The normalized spacial score (nSPS) is 12.0. The molecule has 0 radical (unpaired) electrons. The van der Waals surface area contributed by atoms with E-state index in [1.807, 2.05) is 0 Å². The summed E-state index contributed by atoms with van der Waals surface area (Å²) < 4.78 is 26.9. The predicted molar refractivity (Wildman–Crippen MR) is 237 cm³/mol. The summed E-state index contributed by atoms with van der Waals surface area (Å²) in [6.07, 6.45) is 53.5. The summed E-state index contributed by atoms with van der Waals surface area (Å²) in [6, 6.07) is 0. The van der Waals surface area contributed by atoms with Gasteiger partial charge >= 0.3 is 317 Å². The van der Waals surface area contributed by atoms with Crippen LogP contribution < -0.4 is 0 Å². The molecule has 53 heavy (non-hydrogen) atoms. The smallest absolute Gasteiger partial charge is 0.0654 e. The van der Waals surface area contributed by atoms with Crippen molar-refractivity contribution in [3.8, 4) is 0 Å². The zero-order chi connectivity index (χ0) is 38.4. The van der Waals surface area contributed by atoms with E-state index in [0.29, 0.717) is 0 Å². The van der Waals surface area contributed by atoms with Crippen LogP contribution in [0.25, 0.3) is 0 Å². The van der Waals surface area contributed by atoms with Gasteiger partial charge in [0, 0.05) is 0 Å². The molecule has 0 amide bonds. The second-order valence-corrected chi connectivity index (χ2v) is 25.0. The van der Waals surface area contributed by atoms with Gasteiger partial charge in [0.2, 0.25) is 0 Å². The van der Waals surface area contributed by atoms with E-state index in [-0.39, 0.29) is 0 Å². The Kier molecular flexibility index (Phi) is 47.8. The van der Waals surface area contributed by atoms with Crippen molar-refractivity contribution < 1.29 is 10.7 Å². The van der Waals surface area contributed by atoms with Crippen LogP contribution in [0, 0.1) is 0 Å². The van der Waals surface area contributed by atoms with Crippen LogP contribution in [0.4, 0.5) is 0 Å². The Balaban J connectivity index is 4.89. The molecule has 0 aliphatic carbocycles. The molecule has 0 aliphatic rings. The maximum atomic E-state index is 6.73. The summed E-state index contributed by atoms with van der Waals surface area (Å²) >= 11 is -4.27. The van der Waals surface area contributed by atoms with Crippen LogP contribution in [0.5, 0.6) is 0 Å². The second-order valence-electron chi connectivity index (χ2n) is 16.6. The minimum atomic E-state index is -4.27. The molecule has 0 rings (SSSR count). The first-order valence-corrected chi connectivity index (χ1v) is 31.1. The quantitative estimate of drug-likeness (QED) is 0.0450. The first-order chi connectivity index (χ1) is 26.2. The monoisotopic (exact) mass is 949 g/mol. The van der Waals surface area contributed by atoms with Gasteiger partial charge in [-0.1, -0.05) is 27.7 Å². The molecule has 0 aromatic heterocycles. The molecule has 0 aliphatic heterocycles. The minimum absolute atomic E-state index is 0.742. The summed E-state index contributed by atoms with van der Waals surface area (Å²) in [6.45, 7) is 12.2. The average Bonchev–Trinajstić information content (AvgIpc) is 3.17. The third-order valence-corrected chi connectivity index (χ3v) is 19.8. The molecule has 0 unspecified atom stereocenters.